The molecule has 0 radical (unpaired) electrons. The number of nitrogens with zero attached hydrogens (tertiary/aromatic N) is 3. The number of carboxylic acid groups (broad SMARTS) is 2. The Morgan fingerprint density at radius 3 is 2.00 bits per heavy atom. The average molecular weight is 641 g/mol. The number of ether oxygens (including phenoxy) is 1. The molecule has 0 unspecified atom stereocenters. The number of piperidine rings is 1. The maximum atomic E-state index is 13.3. The number of likely N-dealkylation sites (tertiary alicyclic amines) is 1. The molecule has 2 aliphatic rings. The molecule has 2 aliphatic heterocycles. The van der Waals surface area contributed by atoms with Gasteiger partial charge in [0.05, 0.1) is 13.2 Å². The first kappa shape index (κ1) is 36.2. The number of amides is 2. The van der Waals surface area contributed by atoms with E-state index < -0.39 is 24.3 Å². The SMILES string of the molecule is O=C(NCc1cccc(F)c1)N1CCC2(CC1)COCCN(Cc1ccncc1)C2.O=C(O)C(F)(F)F.O=C(O)C(F)(F)F. The lowest BCUT2D eigenvalue weighted by Gasteiger charge is -2.42. The number of benzene rings is 1. The Morgan fingerprint density at radius 2 is 1.48 bits per heavy atom. The van der Waals surface area contributed by atoms with Gasteiger partial charge in [0.1, 0.15) is 5.82 Å². The highest BCUT2D eigenvalue weighted by Gasteiger charge is 2.40. The molecule has 1 aromatic heterocycles. The van der Waals surface area contributed by atoms with Gasteiger partial charge in [0, 0.05) is 57.1 Å². The number of pyridine rings is 1. The van der Waals surface area contributed by atoms with Crippen LogP contribution >= 0.6 is 0 Å². The Hall–Kier alpha value is -3.99. The zero-order valence-electron chi connectivity index (χ0n) is 23.2. The predicted molar refractivity (Wildman–Crippen MR) is 140 cm³/mol. The number of nitrogens with one attached hydrogen (secondary N) is 1. The third-order valence-corrected chi connectivity index (χ3v) is 6.60. The lowest BCUT2D eigenvalue weighted by molar-refractivity contribution is -0.193. The van der Waals surface area contributed by atoms with Crippen molar-refractivity contribution in [1.29, 1.82) is 0 Å². The maximum Gasteiger partial charge on any atom is 0.490 e. The van der Waals surface area contributed by atoms with Gasteiger partial charge in [0.25, 0.3) is 0 Å². The maximum absolute atomic E-state index is 13.3. The van der Waals surface area contributed by atoms with Crippen molar-refractivity contribution in [3.05, 3.63) is 65.7 Å². The third-order valence-electron chi connectivity index (χ3n) is 6.60. The summed E-state index contributed by atoms with van der Waals surface area (Å²) in [5, 5.41) is 17.2. The van der Waals surface area contributed by atoms with Crippen LogP contribution in [0.1, 0.15) is 24.0 Å². The van der Waals surface area contributed by atoms with Crippen molar-refractivity contribution in [1.82, 2.24) is 20.1 Å². The van der Waals surface area contributed by atoms with Crippen molar-refractivity contribution in [3.63, 3.8) is 0 Å². The smallest absolute Gasteiger partial charge is 0.475 e. The summed E-state index contributed by atoms with van der Waals surface area (Å²) < 4.78 is 82.7. The molecule has 2 amide bonds. The van der Waals surface area contributed by atoms with E-state index in [4.69, 9.17) is 24.5 Å². The molecule has 0 aliphatic carbocycles. The number of carboxylic acids is 2. The second-order valence-corrected chi connectivity index (χ2v) is 10.0. The van der Waals surface area contributed by atoms with Crippen molar-refractivity contribution in [3.8, 4) is 0 Å². The minimum Gasteiger partial charge on any atom is -0.475 e. The van der Waals surface area contributed by atoms with E-state index in [2.05, 4.69) is 27.3 Å². The Labute approximate surface area is 247 Å². The number of aromatic nitrogens is 1. The fraction of sp³-hybridized carbons (Fsp3) is 0.481. The summed E-state index contributed by atoms with van der Waals surface area (Å²) >= 11 is 0. The van der Waals surface area contributed by atoms with E-state index in [1.807, 2.05) is 23.4 Å². The molecule has 4 rings (SSSR count). The van der Waals surface area contributed by atoms with Gasteiger partial charge in [-0.3, -0.25) is 9.88 Å². The van der Waals surface area contributed by atoms with E-state index in [1.165, 1.54) is 17.7 Å². The summed E-state index contributed by atoms with van der Waals surface area (Å²) in [4.78, 5) is 38.8. The van der Waals surface area contributed by atoms with E-state index in [9.17, 15) is 35.5 Å². The zero-order valence-corrected chi connectivity index (χ0v) is 23.2. The van der Waals surface area contributed by atoms with Crippen LogP contribution in [0.25, 0.3) is 0 Å². The Balaban J connectivity index is 0.000000402. The zero-order chi connectivity index (χ0) is 33.0. The molecule has 3 N–H and O–H groups in total. The molecule has 10 nitrogen and oxygen atoms in total. The number of hydrogen-bond donors (Lipinski definition) is 3. The van der Waals surface area contributed by atoms with Crippen LogP contribution in [0.3, 0.4) is 0 Å². The number of alkyl halides is 6. The Bertz CT molecular complexity index is 1200. The number of aliphatic carboxylic acids is 2. The number of carbonyl (C=O) groups is 3. The molecule has 2 fully saturated rings. The van der Waals surface area contributed by atoms with Gasteiger partial charge in [-0.15, -0.1) is 0 Å². The quantitative estimate of drug-likeness (QED) is 0.422. The molecule has 17 heteroatoms. The standard InChI is InChI=1S/C23H29FN4O2.2C2HF3O2/c24-21-3-1-2-20(14-21)15-26-22(29)28-10-6-23(7-11-28)17-27(12-13-30-18-23)16-19-4-8-25-9-5-19;2*3-2(4,5)1(6)7/h1-5,8-9,14H,6-7,10-13,15-18H2,(H,26,29);2*(H,6,7). The van der Waals surface area contributed by atoms with Gasteiger partial charge < -0.3 is 25.2 Å². The highest BCUT2D eigenvalue weighted by Crippen LogP contribution is 2.34. The van der Waals surface area contributed by atoms with Gasteiger partial charge in [-0.2, -0.15) is 26.3 Å². The van der Waals surface area contributed by atoms with Gasteiger partial charge in [-0.25, -0.2) is 18.8 Å². The summed E-state index contributed by atoms with van der Waals surface area (Å²) in [6.07, 6.45) is -4.65. The number of carbonyl (C=O) groups excluding carboxylic acids is 1. The normalized spacial score (nSPS) is 16.8. The lowest BCUT2D eigenvalue weighted by Crippen LogP contribution is -2.51. The highest BCUT2D eigenvalue weighted by molar-refractivity contribution is 5.74. The van der Waals surface area contributed by atoms with Crippen molar-refractivity contribution >= 4 is 18.0 Å². The van der Waals surface area contributed by atoms with Gasteiger partial charge >= 0.3 is 30.3 Å². The van der Waals surface area contributed by atoms with Crippen LogP contribution in [0.2, 0.25) is 0 Å². The molecular formula is C27H31F7N4O6. The monoisotopic (exact) mass is 640 g/mol. The minimum atomic E-state index is -5.08. The van der Waals surface area contributed by atoms with Crippen molar-refractivity contribution < 1.29 is 60.1 Å². The topological polar surface area (TPSA) is 132 Å². The molecule has 244 valence electrons. The molecule has 0 atom stereocenters. The van der Waals surface area contributed by atoms with E-state index in [1.54, 1.807) is 6.07 Å². The molecule has 0 saturated carbocycles. The second kappa shape index (κ2) is 16.2. The van der Waals surface area contributed by atoms with Crippen LogP contribution in [0.4, 0.5) is 35.5 Å². The van der Waals surface area contributed by atoms with Crippen LogP contribution in [-0.2, 0) is 27.4 Å². The first-order chi connectivity index (χ1) is 20.5. The summed E-state index contributed by atoms with van der Waals surface area (Å²) in [7, 11) is 0. The van der Waals surface area contributed by atoms with Gasteiger partial charge in [-0.05, 0) is 48.2 Å². The molecular weight excluding hydrogens is 609 g/mol. The van der Waals surface area contributed by atoms with Crippen LogP contribution in [0.15, 0.2) is 48.8 Å². The van der Waals surface area contributed by atoms with Crippen LogP contribution < -0.4 is 5.32 Å². The van der Waals surface area contributed by atoms with Crippen LogP contribution in [0.5, 0.6) is 0 Å². The van der Waals surface area contributed by atoms with Gasteiger partial charge in [0.15, 0.2) is 0 Å². The molecule has 3 heterocycles. The van der Waals surface area contributed by atoms with Crippen LogP contribution in [0, 0.1) is 11.2 Å². The summed E-state index contributed by atoms with van der Waals surface area (Å²) in [6.45, 7) is 6.04. The average Bonchev–Trinajstić information content (AvgIpc) is 3.14. The fourth-order valence-electron chi connectivity index (χ4n) is 4.39. The molecule has 44 heavy (non-hydrogen) atoms. The van der Waals surface area contributed by atoms with E-state index in [0.717, 1.165) is 51.3 Å². The Kier molecular flexibility index (Phi) is 13.3. The number of urea groups is 1. The second-order valence-electron chi connectivity index (χ2n) is 10.0. The number of hydrogen-bond acceptors (Lipinski definition) is 6. The number of rotatable bonds is 4. The fourth-order valence-corrected chi connectivity index (χ4v) is 4.39. The molecule has 1 aromatic carbocycles. The number of halogens is 7. The lowest BCUT2D eigenvalue weighted by atomic mass is 9.78. The van der Waals surface area contributed by atoms with Crippen molar-refractivity contribution in [2.45, 2.75) is 38.3 Å². The Morgan fingerprint density at radius 1 is 0.909 bits per heavy atom. The first-order valence-electron chi connectivity index (χ1n) is 13.1. The van der Waals surface area contributed by atoms with Gasteiger partial charge in [-0.1, -0.05) is 12.1 Å². The largest absolute Gasteiger partial charge is 0.490 e. The highest BCUT2D eigenvalue weighted by atomic mass is 19.4. The van der Waals surface area contributed by atoms with E-state index in [0.29, 0.717) is 19.6 Å². The summed E-state index contributed by atoms with van der Waals surface area (Å²) in [5.41, 5.74) is 2.11. The van der Waals surface area contributed by atoms with E-state index >= 15 is 0 Å². The summed E-state index contributed by atoms with van der Waals surface area (Å²) in [6, 6.07) is 10.4. The van der Waals surface area contributed by atoms with E-state index in [-0.39, 0.29) is 17.3 Å². The molecule has 0 bridgehead atoms. The summed E-state index contributed by atoms with van der Waals surface area (Å²) in [5.74, 6) is -5.80. The predicted octanol–water partition coefficient (Wildman–Crippen LogP) is 4.31. The van der Waals surface area contributed by atoms with Gasteiger partial charge in [0.2, 0.25) is 0 Å². The van der Waals surface area contributed by atoms with Crippen LogP contribution in [-0.4, -0.2) is 94.7 Å². The molecule has 2 aromatic rings. The van der Waals surface area contributed by atoms with Crippen molar-refractivity contribution in [2.75, 3.05) is 39.4 Å². The third kappa shape index (κ3) is 12.7. The molecule has 1 spiro atoms. The van der Waals surface area contributed by atoms with Crippen molar-refractivity contribution in [2.24, 2.45) is 5.41 Å². The first-order valence-corrected chi connectivity index (χ1v) is 13.1. The minimum absolute atomic E-state index is 0.0858. The molecule has 2 saturated heterocycles.